The number of aliphatic hydroxyl groups excluding tert-OH is 1. The largest absolute Gasteiger partial charge is 0.508 e. The Morgan fingerprint density at radius 2 is 2.04 bits per heavy atom. The van der Waals surface area contributed by atoms with E-state index in [0.29, 0.717) is 0 Å². The van der Waals surface area contributed by atoms with E-state index in [-0.39, 0.29) is 42.9 Å². The van der Waals surface area contributed by atoms with E-state index in [2.05, 4.69) is 0 Å². The molecule has 8 heteroatoms. The summed E-state index contributed by atoms with van der Waals surface area (Å²) in [5.41, 5.74) is -2.66. The van der Waals surface area contributed by atoms with Gasteiger partial charge in [-0.05, 0) is 31.0 Å². The highest BCUT2D eigenvalue weighted by atomic mass is 16.7. The summed E-state index contributed by atoms with van der Waals surface area (Å²) < 4.78 is 15.9. The summed E-state index contributed by atoms with van der Waals surface area (Å²) in [4.78, 5) is 25.5. The van der Waals surface area contributed by atoms with Crippen molar-refractivity contribution in [2.45, 2.75) is 31.7 Å². The lowest BCUT2D eigenvalue weighted by Crippen LogP contribution is -2.54. The van der Waals surface area contributed by atoms with E-state index < -0.39 is 35.0 Å². The molecule has 3 atom stereocenters. The van der Waals surface area contributed by atoms with E-state index in [0.717, 1.165) is 6.07 Å². The maximum Gasteiger partial charge on any atom is 0.313 e. The molecule has 3 rings (SSSR count). The first-order valence-electron chi connectivity index (χ1n) is 8.28. The first-order valence-corrected chi connectivity index (χ1v) is 8.28. The molecular formula is C18H22O8. The summed E-state index contributed by atoms with van der Waals surface area (Å²) in [5, 5.41) is 30.2. The van der Waals surface area contributed by atoms with Crippen molar-refractivity contribution in [3.8, 4) is 11.5 Å². The lowest BCUT2D eigenvalue weighted by atomic mass is 9.63. The highest BCUT2D eigenvalue weighted by molar-refractivity contribution is 6.02. The summed E-state index contributed by atoms with van der Waals surface area (Å²) in [7, 11) is 2.79. The van der Waals surface area contributed by atoms with E-state index in [1.165, 1.54) is 26.4 Å². The summed E-state index contributed by atoms with van der Waals surface area (Å²) >= 11 is 0. The zero-order valence-electron chi connectivity index (χ0n) is 14.6. The van der Waals surface area contributed by atoms with Gasteiger partial charge in [-0.15, -0.1) is 0 Å². The molecule has 1 aromatic rings. The molecule has 2 fully saturated rings. The van der Waals surface area contributed by atoms with Gasteiger partial charge < -0.3 is 29.5 Å². The predicted molar refractivity (Wildman–Crippen MR) is 87.6 cm³/mol. The minimum absolute atomic E-state index is 0.0965. The van der Waals surface area contributed by atoms with E-state index in [9.17, 15) is 24.9 Å². The maximum absolute atomic E-state index is 12.9. The van der Waals surface area contributed by atoms with Crippen molar-refractivity contribution in [2.75, 3.05) is 20.8 Å². The Hall–Kier alpha value is -2.16. The topological polar surface area (TPSA) is 123 Å². The van der Waals surface area contributed by atoms with Crippen LogP contribution in [-0.4, -0.2) is 60.3 Å². The third kappa shape index (κ3) is 2.40. The van der Waals surface area contributed by atoms with Crippen LogP contribution in [-0.2, 0) is 19.0 Å². The fraction of sp³-hybridized carbons (Fsp3) is 0.556. The number of Topliss-reactive ketones (excluding diaryl/α,β-unsaturated/α-hetero) is 1. The van der Waals surface area contributed by atoms with Crippen LogP contribution < -0.4 is 0 Å². The van der Waals surface area contributed by atoms with Gasteiger partial charge >= 0.3 is 5.97 Å². The van der Waals surface area contributed by atoms with E-state index in [4.69, 9.17) is 14.2 Å². The van der Waals surface area contributed by atoms with Crippen LogP contribution in [0.15, 0.2) is 18.2 Å². The first-order chi connectivity index (χ1) is 12.3. The Balaban J connectivity index is 2.04. The van der Waals surface area contributed by atoms with Gasteiger partial charge in [0, 0.05) is 20.6 Å². The average molecular weight is 366 g/mol. The van der Waals surface area contributed by atoms with Gasteiger partial charge in [0.2, 0.25) is 0 Å². The second-order valence-corrected chi connectivity index (χ2v) is 6.86. The molecule has 2 aliphatic rings. The number of methoxy groups -OCH3 is 2. The van der Waals surface area contributed by atoms with Crippen LogP contribution in [0, 0.1) is 10.8 Å². The number of phenols is 2. The second-order valence-electron chi connectivity index (χ2n) is 6.86. The van der Waals surface area contributed by atoms with Gasteiger partial charge in [0.1, 0.15) is 18.1 Å². The van der Waals surface area contributed by atoms with Crippen LogP contribution in [0.5, 0.6) is 11.5 Å². The maximum atomic E-state index is 12.9. The number of hydrogen-bond donors (Lipinski definition) is 3. The lowest BCUT2D eigenvalue weighted by molar-refractivity contribution is -0.224. The standard InChI is InChI=1S/C18H22O8/c1-24-16(25-2)18-9-26-15(23)17(18,6-5-14(18)22)8-13(21)11-7-10(19)3-4-12(11)20/h3-4,7,14,16,19-20,22H,5-6,8-9H2,1-2H3. The normalized spacial score (nSPS) is 30.5. The van der Waals surface area contributed by atoms with Crippen LogP contribution in [0.2, 0.25) is 0 Å². The Morgan fingerprint density at radius 1 is 1.35 bits per heavy atom. The Labute approximate surface area is 150 Å². The number of carbonyl (C=O) groups is 2. The highest BCUT2D eigenvalue weighted by Gasteiger charge is 2.73. The molecule has 1 aliphatic carbocycles. The number of ketones is 1. The lowest BCUT2D eigenvalue weighted by Gasteiger charge is -2.41. The number of fused-ring (bicyclic) bond motifs is 1. The van der Waals surface area contributed by atoms with Crippen molar-refractivity contribution in [3.63, 3.8) is 0 Å². The molecule has 0 amide bonds. The number of cyclic esters (lactones) is 1. The molecule has 8 nitrogen and oxygen atoms in total. The molecule has 3 unspecified atom stereocenters. The number of rotatable bonds is 6. The zero-order chi connectivity index (χ0) is 19.1. The van der Waals surface area contributed by atoms with Crippen molar-refractivity contribution in [1.82, 2.24) is 0 Å². The fourth-order valence-electron chi connectivity index (χ4n) is 4.45. The second kappa shape index (κ2) is 6.53. The molecule has 0 aromatic heterocycles. The van der Waals surface area contributed by atoms with Gasteiger partial charge in [0.05, 0.1) is 22.5 Å². The van der Waals surface area contributed by atoms with Crippen molar-refractivity contribution >= 4 is 11.8 Å². The smallest absolute Gasteiger partial charge is 0.313 e. The number of phenolic OH excluding ortho intramolecular Hbond substituents is 2. The number of hydrogen-bond acceptors (Lipinski definition) is 8. The number of carbonyl (C=O) groups excluding carboxylic acids is 2. The molecular weight excluding hydrogens is 344 g/mol. The van der Waals surface area contributed by atoms with Crippen LogP contribution in [0.3, 0.4) is 0 Å². The quantitative estimate of drug-likeness (QED) is 0.295. The molecule has 26 heavy (non-hydrogen) atoms. The highest BCUT2D eigenvalue weighted by Crippen LogP contribution is 2.62. The van der Waals surface area contributed by atoms with Gasteiger partial charge in [-0.2, -0.15) is 0 Å². The fourth-order valence-corrected chi connectivity index (χ4v) is 4.45. The van der Waals surface area contributed by atoms with Gasteiger partial charge in [0.15, 0.2) is 12.1 Å². The Bertz CT molecular complexity index is 728. The van der Waals surface area contributed by atoms with Crippen LogP contribution in [0.25, 0.3) is 0 Å². The van der Waals surface area contributed by atoms with Crippen molar-refractivity contribution in [2.24, 2.45) is 10.8 Å². The minimum Gasteiger partial charge on any atom is -0.508 e. The van der Waals surface area contributed by atoms with Gasteiger partial charge in [0.25, 0.3) is 0 Å². The van der Waals surface area contributed by atoms with Crippen molar-refractivity contribution < 1.29 is 39.1 Å². The molecule has 1 aliphatic heterocycles. The molecule has 0 spiro atoms. The predicted octanol–water partition coefficient (Wildman–Crippen LogP) is 0.974. The molecule has 1 heterocycles. The third-order valence-corrected chi connectivity index (χ3v) is 5.75. The summed E-state index contributed by atoms with van der Waals surface area (Å²) in [5.74, 6) is -1.61. The van der Waals surface area contributed by atoms with Gasteiger partial charge in [-0.1, -0.05) is 0 Å². The minimum atomic E-state index is -1.34. The zero-order valence-corrected chi connectivity index (χ0v) is 14.6. The molecule has 0 radical (unpaired) electrons. The third-order valence-electron chi connectivity index (χ3n) is 5.75. The molecule has 1 saturated carbocycles. The molecule has 0 bridgehead atoms. The Kier molecular flexibility index (Phi) is 4.68. The van der Waals surface area contributed by atoms with Gasteiger partial charge in [-0.25, -0.2) is 0 Å². The van der Waals surface area contributed by atoms with Crippen LogP contribution in [0.1, 0.15) is 29.6 Å². The summed E-state index contributed by atoms with van der Waals surface area (Å²) in [6.45, 7) is -0.126. The number of benzene rings is 1. The summed E-state index contributed by atoms with van der Waals surface area (Å²) in [6, 6.07) is 3.60. The number of aliphatic hydroxyl groups is 1. The molecule has 1 saturated heterocycles. The molecule has 142 valence electrons. The SMILES string of the molecule is COC(OC)C12COC(=O)C1(CC(=O)c1cc(O)ccc1O)CCC2O. The number of esters is 1. The molecule has 3 N–H and O–H groups in total. The average Bonchev–Trinajstić information content (AvgIpc) is 3.05. The van der Waals surface area contributed by atoms with E-state index in [1.54, 1.807) is 0 Å². The van der Waals surface area contributed by atoms with E-state index in [1.807, 2.05) is 0 Å². The van der Waals surface area contributed by atoms with Crippen LogP contribution in [0.4, 0.5) is 0 Å². The molecule has 1 aromatic carbocycles. The van der Waals surface area contributed by atoms with Crippen molar-refractivity contribution in [3.05, 3.63) is 23.8 Å². The van der Waals surface area contributed by atoms with Gasteiger partial charge in [-0.3, -0.25) is 9.59 Å². The summed E-state index contributed by atoms with van der Waals surface area (Å²) in [6.07, 6.45) is -1.69. The number of ether oxygens (including phenoxy) is 3. The monoisotopic (exact) mass is 366 g/mol. The number of aromatic hydroxyl groups is 2. The van der Waals surface area contributed by atoms with E-state index >= 15 is 0 Å². The Morgan fingerprint density at radius 3 is 2.69 bits per heavy atom. The van der Waals surface area contributed by atoms with Crippen molar-refractivity contribution in [1.29, 1.82) is 0 Å². The first kappa shape index (κ1) is 18.6. The van der Waals surface area contributed by atoms with Crippen LogP contribution >= 0.6 is 0 Å².